The SMILES string of the molecule is O=CN[C@@H]1C(=O)N2C(C(=S)OC(c3ccccc3)c3ccccc3)=C(c3cnns3)CS[C@H]12. The number of aromatic nitrogens is 2. The topological polar surface area (TPSA) is 84.4 Å². The lowest BCUT2D eigenvalue weighted by atomic mass is 10.0. The average Bonchev–Trinajstić information content (AvgIpc) is 3.40. The van der Waals surface area contributed by atoms with E-state index in [1.54, 1.807) is 22.9 Å². The van der Waals surface area contributed by atoms with E-state index in [0.29, 0.717) is 17.9 Å². The highest BCUT2D eigenvalue weighted by molar-refractivity contribution is 8.00. The zero-order valence-corrected chi connectivity index (χ0v) is 19.6. The molecule has 2 aliphatic heterocycles. The summed E-state index contributed by atoms with van der Waals surface area (Å²) in [5, 5.41) is 6.54. The Morgan fingerprint density at radius 3 is 2.39 bits per heavy atom. The number of amides is 2. The first kappa shape index (κ1) is 21.7. The van der Waals surface area contributed by atoms with Gasteiger partial charge in [-0.3, -0.25) is 14.5 Å². The van der Waals surface area contributed by atoms with E-state index in [9.17, 15) is 9.59 Å². The molecule has 1 saturated heterocycles. The van der Waals surface area contributed by atoms with Crippen LogP contribution >= 0.6 is 35.5 Å². The second kappa shape index (κ2) is 9.42. The number of carbonyl (C=O) groups excluding carboxylic acids is 2. The van der Waals surface area contributed by atoms with Crippen LogP contribution in [0.2, 0.25) is 0 Å². The fourth-order valence-corrected chi connectivity index (χ4v) is 6.28. The summed E-state index contributed by atoms with van der Waals surface area (Å²) in [4.78, 5) is 26.4. The Kier molecular flexibility index (Phi) is 6.21. The normalized spacial score (nSPS) is 19.7. The molecule has 3 aromatic rings. The number of hydrogen-bond donors (Lipinski definition) is 1. The Balaban J connectivity index is 1.53. The van der Waals surface area contributed by atoms with Crippen LogP contribution in [-0.2, 0) is 14.3 Å². The lowest BCUT2D eigenvalue weighted by Crippen LogP contribution is -2.69. The van der Waals surface area contributed by atoms with E-state index in [1.807, 2.05) is 60.7 Å². The van der Waals surface area contributed by atoms with Gasteiger partial charge in [0.2, 0.25) is 11.5 Å². The van der Waals surface area contributed by atoms with Crippen LogP contribution in [0.5, 0.6) is 0 Å². The first-order valence-corrected chi connectivity index (χ1v) is 12.4. The summed E-state index contributed by atoms with van der Waals surface area (Å²) in [6.07, 6.45) is 1.78. The van der Waals surface area contributed by atoms with Crippen molar-refractivity contribution in [3.63, 3.8) is 0 Å². The average molecular weight is 495 g/mol. The number of rotatable bonds is 7. The molecule has 10 heteroatoms. The maximum Gasteiger partial charge on any atom is 0.253 e. The van der Waals surface area contributed by atoms with E-state index in [-0.39, 0.29) is 16.3 Å². The lowest BCUT2D eigenvalue weighted by molar-refractivity contribution is -0.143. The highest BCUT2D eigenvalue weighted by Crippen LogP contribution is 2.45. The number of benzene rings is 2. The summed E-state index contributed by atoms with van der Waals surface area (Å²) in [5.74, 6) is 0.376. The van der Waals surface area contributed by atoms with Crippen molar-refractivity contribution in [3.8, 4) is 0 Å². The van der Waals surface area contributed by atoms with Crippen molar-refractivity contribution in [3.05, 3.63) is 88.6 Å². The van der Waals surface area contributed by atoms with Gasteiger partial charge in [-0.05, 0) is 34.9 Å². The minimum Gasteiger partial charge on any atom is -0.469 e. The van der Waals surface area contributed by atoms with Gasteiger partial charge < -0.3 is 10.1 Å². The van der Waals surface area contributed by atoms with Crippen molar-refractivity contribution in [2.75, 3.05) is 5.75 Å². The van der Waals surface area contributed by atoms with Gasteiger partial charge in [-0.25, -0.2) is 0 Å². The Morgan fingerprint density at radius 1 is 1.15 bits per heavy atom. The first-order chi connectivity index (χ1) is 16.2. The van der Waals surface area contributed by atoms with E-state index >= 15 is 0 Å². The van der Waals surface area contributed by atoms with E-state index in [1.165, 1.54) is 11.5 Å². The molecule has 0 radical (unpaired) electrons. The molecular formula is C23H18N4O3S3. The molecule has 0 aliphatic carbocycles. The standard InChI is InChI=1S/C23H18N4O3S3/c28-13-24-18-21(29)27-19(16(12-32-22(18)27)17-11-25-26-33-17)23(31)30-20(14-7-3-1-4-8-14)15-9-5-2-6-10-15/h1-11,13,18,20,22H,12H2,(H,24,28)/t18-,22-/m1/s1. The zero-order chi connectivity index (χ0) is 22.8. The molecule has 1 N–H and O–H groups in total. The van der Waals surface area contributed by atoms with E-state index in [0.717, 1.165) is 21.6 Å². The molecule has 5 rings (SSSR count). The van der Waals surface area contributed by atoms with Gasteiger partial charge in [-0.1, -0.05) is 65.2 Å². The molecule has 1 fully saturated rings. The number of carbonyl (C=O) groups is 2. The van der Waals surface area contributed by atoms with E-state index < -0.39 is 12.1 Å². The molecule has 2 aromatic carbocycles. The van der Waals surface area contributed by atoms with Crippen molar-refractivity contribution < 1.29 is 14.3 Å². The largest absolute Gasteiger partial charge is 0.469 e. The van der Waals surface area contributed by atoms with E-state index in [4.69, 9.17) is 17.0 Å². The van der Waals surface area contributed by atoms with Crippen LogP contribution in [0.1, 0.15) is 22.1 Å². The van der Waals surface area contributed by atoms with Crippen LogP contribution in [0.3, 0.4) is 0 Å². The fourth-order valence-electron chi connectivity index (χ4n) is 3.94. The summed E-state index contributed by atoms with van der Waals surface area (Å²) in [6, 6.07) is 19.1. The summed E-state index contributed by atoms with van der Waals surface area (Å²) in [7, 11) is 0. The van der Waals surface area contributed by atoms with Gasteiger partial charge >= 0.3 is 0 Å². The Hall–Kier alpha value is -3.08. The second-order valence-electron chi connectivity index (χ2n) is 7.39. The number of nitrogens with one attached hydrogen (secondary N) is 1. The predicted molar refractivity (Wildman–Crippen MR) is 131 cm³/mol. The molecule has 166 valence electrons. The third-order valence-corrected chi connectivity index (χ3v) is 7.79. The minimum absolute atomic E-state index is 0.216. The van der Waals surface area contributed by atoms with Gasteiger partial charge in [0.1, 0.15) is 23.2 Å². The van der Waals surface area contributed by atoms with Gasteiger partial charge in [0, 0.05) is 11.3 Å². The summed E-state index contributed by atoms with van der Waals surface area (Å²) < 4.78 is 10.4. The summed E-state index contributed by atoms with van der Waals surface area (Å²) in [6.45, 7) is 0. The lowest BCUT2D eigenvalue weighted by Gasteiger charge is -2.50. The number of ether oxygens (including phenoxy) is 1. The van der Waals surface area contributed by atoms with Crippen LogP contribution in [0.15, 0.2) is 72.6 Å². The Labute approximate surface area is 204 Å². The number of hydrogen-bond acceptors (Lipinski definition) is 8. The molecule has 7 nitrogen and oxygen atoms in total. The number of fused-ring (bicyclic) bond motifs is 1. The maximum atomic E-state index is 13.0. The minimum atomic E-state index is -0.578. The first-order valence-electron chi connectivity index (χ1n) is 10.1. The van der Waals surface area contributed by atoms with Crippen molar-refractivity contribution >= 4 is 58.5 Å². The number of thiocarbonyl (C=S) groups is 1. The van der Waals surface area contributed by atoms with Crippen LogP contribution in [0.25, 0.3) is 5.57 Å². The van der Waals surface area contributed by atoms with Gasteiger partial charge in [-0.15, -0.1) is 16.9 Å². The third kappa shape index (κ3) is 4.05. The smallest absolute Gasteiger partial charge is 0.253 e. The summed E-state index contributed by atoms with van der Waals surface area (Å²) in [5.41, 5.74) is 3.30. The zero-order valence-electron chi connectivity index (χ0n) is 17.2. The molecule has 2 atom stereocenters. The van der Waals surface area contributed by atoms with Crippen LogP contribution in [0.4, 0.5) is 0 Å². The maximum absolute atomic E-state index is 13.0. The quantitative estimate of drug-likeness (QED) is 0.306. The molecule has 1 aromatic heterocycles. The fraction of sp³-hybridized carbons (Fsp3) is 0.174. The van der Waals surface area contributed by atoms with Crippen LogP contribution in [0, 0.1) is 0 Å². The van der Waals surface area contributed by atoms with Crippen molar-refractivity contribution in [1.29, 1.82) is 0 Å². The van der Waals surface area contributed by atoms with Crippen LogP contribution < -0.4 is 5.32 Å². The second-order valence-corrected chi connectivity index (χ2v) is 9.65. The predicted octanol–water partition coefficient (Wildman–Crippen LogP) is 3.41. The van der Waals surface area contributed by atoms with Gasteiger partial charge in [0.15, 0.2) is 0 Å². The Morgan fingerprint density at radius 2 is 1.82 bits per heavy atom. The molecule has 0 saturated carbocycles. The number of β-lactam (4-membered cyclic amide) rings is 1. The number of nitrogens with zero attached hydrogens (tertiary/aromatic N) is 3. The molecule has 0 spiro atoms. The molecule has 3 heterocycles. The van der Waals surface area contributed by atoms with Crippen molar-refractivity contribution in [2.45, 2.75) is 17.5 Å². The van der Waals surface area contributed by atoms with Gasteiger partial charge in [0.25, 0.3) is 5.91 Å². The van der Waals surface area contributed by atoms with E-state index in [2.05, 4.69) is 14.9 Å². The third-order valence-electron chi connectivity index (χ3n) is 5.50. The van der Waals surface area contributed by atoms with Crippen molar-refractivity contribution in [2.24, 2.45) is 0 Å². The molecule has 2 amide bonds. The highest BCUT2D eigenvalue weighted by Gasteiger charge is 2.53. The summed E-state index contributed by atoms with van der Waals surface area (Å²) >= 11 is 8.62. The molecule has 33 heavy (non-hydrogen) atoms. The molecule has 2 aliphatic rings. The highest BCUT2D eigenvalue weighted by atomic mass is 32.2. The molecule has 0 unspecified atom stereocenters. The Bertz CT molecular complexity index is 1160. The van der Waals surface area contributed by atoms with Crippen LogP contribution in [-0.4, -0.2) is 49.0 Å². The molecular weight excluding hydrogens is 476 g/mol. The monoisotopic (exact) mass is 494 g/mol. The van der Waals surface area contributed by atoms with Gasteiger partial charge in [0.05, 0.1) is 11.1 Å². The van der Waals surface area contributed by atoms with Crippen molar-refractivity contribution in [1.82, 2.24) is 19.8 Å². The van der Waals surface area contributed by atoms with Gasteiger partial charge in [-0.2, -0.15) is 0 Å². The number of thioether (sulfide) groups is 1. The molecule has 0 bridgehead atoms.